The highest BCUT2D eigenvalue weighted by molar-refractivity contribution is 6.45. The summed E-state index contributed by atoms with van der Waals surface area (Å²) in [5, 5.41) is 10.2. The van der Waals surface area contributed by atoms with E-state index in [0.717, 1.165) is 5.56 Å². The van der Waals surface area contributed by atoms with Crippen LogP contribution < -0.4 is 10.1 Å². The van der Waals surface area contributed by atoms with E-state index >= 15 is 0 Å². The number of nitrogens with zero attached hydrogens (tertiary/aromatic N) is 2. The Kier molecular flexibility index (Phi) is 8.86. The monoisotopic (exact) mass is 461 g/mol. The van der Waals surface area contributed by atoms with Crippen LogP contribution in [0, 0.1) is 18.8 Å². The molecule has 33 heavy (non-hydrogen) atoms. The summed E-state index contributed by atoms with van der Waals surface area (Å²) in [5.41, 5.74) is 2.35. The molecule has 2 aromatic rings. The molecule has 0 bridgehead atoms. The number of para-hydroxylation sites is 1. The summed E-state index contributed by atoms with van der Waals surface area (Å²) in [5.74, 6) is 4.38. The number of hydrogen-bond acceptors (Lipinski definition) is 6. The van der Waals surface area contributed by atoms with Gasteiger partial charge in [0, 0.05) is 18.2 Å². The van der Waals surface area contributed by atoms with Gasteiger partial charge < -0.3 is 19.7 Å². The highest BCUT2D eigenvalue weighted by Gasteiger charge is 2.31. The van der Waals surface area contributed by atoms with Gasteiger partial charge in [0.05, 0.1) is 5.56 Å². The van der Waals surface area contributed by atoms with E-state index < -0.39 is 18.0 Å². The summed E-state index contributed by atoms with van der Waals surface area (Å²) in [6, 6.07) is 10.8. The van der Waals surface area contributed by atoms with Crippen LogP contribution in [0.5, 0.6) is 5.75 Å². The Morgan fingerprint density at radius 3 is 2.52 bits per heavy atom. The SMILES string of the molecule is CNC(=O)/C(=N/OC)c1cccc(C)c1CO/N=C(\C)C#Cc1ccccc1OC(F)(F)F. The number of nitrogens with one attached hydrogen (secondary N) is 1. The Hall–Kier alpha value is -4.00. The van der Waals surface area contributed by atoms with Crippen molar-refractivity contribution in [3.05, 3.63) is 64.7 Å². The summed E-state index contributed by atoms with van der Waals surface area (Å²) in [6.45, 7) is 3.38. The summed E-state index contributed by atoms with van der Waals surface area (Å²) in [6.07, 6.45) is -4.82. The first-order chi connectivity index (χ1) is 15.7. The van der Waals surface area contributed by atoms with E-state index in [1.807, 2.05) is 13.0 Å². The molecule has 0 aromatic heterocycles. The molecule has 0 aliphatic carbocycles. The van der Waals surface area contributed by atoms with E-state index in [0.29, 0.717) is 11.1 Å². The van der Waals surface area contributed by atoms with Crippen molar-refractivity contribution in [1.82, 2.24) is 5.32 Å². The average molecular weight is 461 g/mol. The zero-order valence-electron chi connectivity index (χ0n) is 18.4. The molecule has 2 rings (SSSR count). The number of halogens is 3. The predicted molar refractivity (Wildman–Crippen MR) is 117 cm³/mol. The van der Waals surface area contributed by atoms with Crippen molar-refractivity contribution >= 4 is 17.3 Å². The third-order valence-corrected chi connectivity index (χ3v) is 4.19. The number of oxime groups is 2. The molecule has 174 valence electrons. The molecule has 0 fully saturated rings. The third-order valence-electron chi connectivity index (χ3n) is 4.19. The standard InChI is InChI=1S/C23H22F3N3O4/c1-15-8-7-10-18(21(29-31-4)22(30)27-3)19(15)14-32-28-16(2)12-13-17-9-5-6-11-20(17)33-23(24,25)26/h5-11H,14H2,1-4H3,(H,27,30)/b28-16+,29-21+. The maximum atomic E-state index is 12.5. The number of benzene rings is 2. The van der Waals surface area contributed by atoms with Gasteiger partial charge in [0.1, 0.15) is 25.2 Å². The Balaban J connectivity index is 2.21. The first kappa shape index (κ1) is 25.3. The lowest BCUT2D eigenvalue weighted by molar-refractivity contribution is -0.274. The number of alkyl halides is 3. The lowest BCUT2D eigenvalue weighted by Gasteiger charge is -2.12. The Morgan fingerprint density at radius 1 is 1.12 bits per heavy atom. The van der Waals surface area contributed by atoms with E-state index in [2.05, 4.69) is 32.2 Å². The molecule has 1 N–H and O–H groups in total. The molecule has 7 nitrogen and oxygen atoms in total. The molecule has 1 amide bonds. The fourth-order valence-electron chi connectivity index (χ4n) is 2.70. The molecule has 0 saturated heterocycles. The minimum absolute atomic E-state index is 0.00543. The molecule has 0 heterocycles. The number of amides is 1. The van der Waals surface area contributed by atoms with Gasteiger partial charge in [-0.1, -0.05) is 46.6 Å². The molecular weight excluding hydrogens is 439 g/mol. The summed E-state index contributed by atoms with van der Waals surface area (Å²) in [4.78, 5) is 22.4. The smallest absolute Gasteiger partial charge is 0.404 e. The van der Waals surface area contributed by atoms with Gasteiger partial charge in [0.2, 0.25) is 0 Å². The maximum Gasteiger partial charge on any atom is 0.573 e. The molecular formula is C23H22F3N3O4. The second-order valence-electron chi connectivity index (χ2n) is 6.55. The van der Waals surface area contributed by atoms with Crippen molar-refractivity contribution < 1.29 is 32.4 Å². The normalized spacial score (nSPS) is 11.8. The zero-order valence-corrected chi connectivity index (χ0v) is 18.4. The van der Waals surface area contributed by atoms with Crippen LogP contribution in [0.4, 0.5) is 13.2 Å². The van der Waals surface area contributed by atoms with Gasteiger partial charge in [-0.3, -0.25) is 4.79 Å². The molecule has 2 aromatic carbocycles. The lowest BCUT2D eigenvalue weighted by Crippen LogP contribution is -2.29. The zero-order chi connectivity index (χ0) is 24.4. The largest absolute Gasteiger partial charge is 0.573 e. The second kappa shape index (κ2) is 11.6. The van der Waals surface area contributed by atoms with Crippen molar-refractivity contribution in [2.75, 3.05) is 14.2 Å². The van der Waals surface area contributed by atoms with Crippen LogP contribution >= 0.6 is 0 Å². The molecule has 0 unspecified atom stereocenters. The summed E-state index contributed by atoms with van der Waals surface area (Å²) < 4.78 is 41.6. The number of aryl methyl sites for hydroxylation is 1. The van der Waals surface area contributed by atoms with Gasteiger partial charge in [-0.15, -0.1) is 13.2 Å². The topological polar surface area (TPSA) is 81.5 Å². The molecule has 0 aliphatic rings. The first-order valence-corrected chi connectivity index (χ1v) is 9.61. The Bertz CT molecular complexity index is 1120. The minimum Gasteiger partial charge on any atom is -0.404 e. The van der Waals surface area contributed by atoms with Gasteiger partial charge in [0.25, 0.3) is 5.91 Å². The maximum absolute atomic E-state index is 12.5. The number of rotatable bonds is 7. The van der Waals surface area contributed by atoms with Crippen LogP contribution in [-0.2, 0) is 21.1 Å². The van der Waals surface area contributed by atoms with Gasteiger partial charge in [-0.05, 0) is 37.5 Å². The van der Waals surface area contributed by atoms with Crippen LogP contribution in [0.2, 0.25) is 0 Å². The van der Waals surface area contributed by atoms with Crippen LogP contribution in [0.1, 0.15) is 29.2 Å². The van der Waals surface area contributed by atoms with E-state index in [1.54, 1.807) is 25.1 Å². The van der Waals surface area contributed by atoms with Crippen LogP contribution in [-0.4, -0.2) is 37.9 Å². The van der Waals surface area contributed by atoms with Crippen LogP contribution in [0.15, 0.2) is 52.8 Å². The van der Waals surface area contributed by atoms with E-state index in [1.165, 1.54) is 32.4 Å². The Morgan fingerprint density at radius 2 is 1.85 bits per heavy atom. The second-order valence-corrected chi connectivity index (χ2v) is 6.55. The Labute approximate surface area is 189 Å². The van der Waals surface area contributed by atoms with E-state index in [4.69, 9.17) is 9.68 Å². The van der Waals surface area contributed by atoms with Crippen molar-refractivity contribution in [3.8, 4) is 17.6 Å². The molecule has 0 radical (unpaired) electrons. The minimum atomic E-state index is -4.82. The summed E-state index contributed by atoms with van der Waals surface area (Å²) >= 11 is 0. The summed E-state index contributed by atoms with van der Waals surface area (Å²) in [7, 11) is 2.81. The van der Waals surface area contributed by atoms with Crippen molar-refractivity contribution in [1.29, 1.82) is 0 Å². The fraction of sp³-hybridized carbons (Fsp3) is 0.261. The first-order valence-electron chi connectivity index (χ1n) is 9.61. The highest BCUT2D eigenvalue weighted by Crippen LogP contribution is 2.25. The van der Waals surface area contributed by atoms with Gasteiger partial charge in [0.15, 0.2) is 5.71 Å². The van der Waals surface area contributed by atoms with Crippen LogP contribution in [0.25, 0.3) is 0 Å². The average Bonchev–Trinajstić information content (AvgIpc) is 2.76. The van der Waals surface area contributed by atoms with Gasteiger partial charge in [-0.2, -0.15) is 0 Å². The predicted octanol–water partition coefficient (Wildman–Crippen LogP) is 3.93. The molecule has 0 saturated carbocycles. The number of ether oxygens (including phenoxy) is 1. The number of carbonyl (C=O) groups is 1. The lowest BCUT2D eigenvalue weighted by atomic mass is 9.98. The van der Waals surface area contributed by atoms with Crippen molar-refractivity contribution in [2.45, 2.75) is 26.8 Å². The van der Waals surface area contributed by atoms with Crippen molar-refractivity contribution in [3.63, 3.8) is 0 Å². The molecule has 0 aliphatic heterocycles. The quantitative estimate of drug-likeness (QED) is 0.385. The molecule has 10 heteroatoms. The van der Waals surface area contributed by atoms with Crippen molar-refractivity contribution in [2.24, 2.45) is 10.3 Å². The third kappa shape index (κ3) is 7.57. The number of likely N-dealkylation sites (N-methyl/N-ethyl adjacent to an activating group) is 1. The van der Waals surface area contributed by atoms with Crippen LogP contribution in [0.3, 0.4) is 0 Å². The fourth-order valence-corrected chi connectivity index (χ4v) is 2.70. The molecule has 0 spiro atoms. The van der Waals surface area contributed by atoms with Gasteiger partial charge >= 0.3 is 6.36 Å². The van der Waals surface area contributed by atoms with E-state index in [-0.39, 0.29) is 23.6 Å². The number of hydrogen-bond donors (Lipinski definition) is 1. The molecule has 0 atom stereocenters. The van der Waals surface area contributed by atoms with Gasteiger partial charge in [-0.25, -0.2) is 0 Å². The highest BCUT2D eigenvalue weighted by atomic mass is 19.4. The number of carbonyl (C=O) groups excluding carboxylic acids is 1. The van der Waals surface area contributed by atoms with E-state index in [9.17, 15) is 18.0 Å².